The molecule has 1 heterocycles. The smallest absolute Gasteiger partial charge is 0.275 e. The zero-order valence-electron chi connectivity index (χ0n) is 11.5. The maximum absolute atomic E-state index is 12.2. The third-order valence-corrected chi connectivity index (χ3v) is 3.92. The van der Waals surface area contributed by atoms with Gasteiger partial charge in [0.15, 0.2) is 0 Å². The number of hydrogen-bond acceptors (Lipinski definition) is 4. The number of anilines is 1. The largest absolute Gasteiger partial charge is 0.321 e. The lowest BCUT2D eigenvalue weighted by molar-refractivity contribution is 0.102. The van der Waals surface area contributed by atoms with E-state index >= 15 is 0 Å². The quantitative estimate of drug-likeness (QED) is 0.797. The van der Waals surface area contributed by atoms with E-state index in [1.807, 2.05) is 36.4 Å². The first-order valence-electron chi connectivity index (χ1n) is 6.59. The van der Waals surface area contributed by atoms with Crippen molar-refractivity contribution in [2.75, 3.05) is 5.32 Å². The second-order valence-corrected chi connectivity index (χ2v) is 5.41. The molecule has 1 N–H and O–H groups in total. The van der Waals surface area contributed by atoms with Crippen LogP contribution in [0.5, 0.6) is 0 Å². The molecule has 0 fully saturated rings. The molecule has 0 spiro atoms. The van der Waals surface area contributed by atoms with Gasteiger partial charge in [-0.1, -0.05) is 30.3 Å². The monoisotopic (exact) mass is 305 g/mol. The van der Waals surface area contributed by atoms with Gasteiger partial charge in [-0.3, -0.25) is 4.79 Å². The maximum atomic E-state index is 12.2. The van der Waals surface area contributed by atoms with Crippen LogP contribution in [0.4, 0.5) is 5.69 Å². The van der Waals surface area contributed by atoms with Gasteiger partial charge >= 0.3 is 0 Å². The van der Waals surface area contributed by atoms with Crippen LogP contribution in [-0.2, 0) is 0 Å². The minimum Gasteiger partial charge on any atom is -0.321 e. The van der Waals surface area contributed by atoms with Crippen molar-refractivity contribution in [2.45, 2.75) is 0 Å². The van der Waals surface area contributed by atoms with Crippen LogP contribution >= 0.6 is 11.3 Å². The Balaban J connectivity index is 1.75. The van der Waals surface area contributed by atoms with Gasteiger partial charge in [0.2, 0.25) is 0 Å². The molecule has 0 atom stereocenters. The molecule has 2 aromatic carbocycles. The van der Waals surface area contributed by atoms with Gasteiger partial charge in [0, 0.05) is 16.6 Å². The Bertz CT molecular complexity index is 832. The van der Waals surface area contributed by atoms with Gasteiger partial charge in [0.1, 0.15) is 10.7 Å². The average molecular weight is 305 g/mol. The zero-order chi connectivity index (χ0) is 15.4. The summed E-state index contributed by atoms with van der Waals surface area (Å²) in [6.45, 7) is 0. The van der Waals surface area contributed by atoms with Crippen LogP contribution in [0.1, 0.15) is 16.1 Å². The fourth-order valence-electron chi connectivity index (χ4n) is 1.91. The highest BCUT2D eigenvalue weighted by molar-refractivity contribution is 7.13. The summed E-state index contributed by atoms with van der Waals surface area (Å²) in [5, 5.41) is 14.1. The van der Waals surface area contributed by atoms with Gasteiger partial charge in [0.05, 0.1) is 11.6 Å². The summed E-state index contributed by atoms with van der Waals surface area (Å²) in [7, 11) is 0. The Hall–Kier alpha value is -2.97. The average Bonchev–Trinajstić information content (AvgIpc) is 3.06. The fourth-order valence-corrected chi connectivity index (χ4v) is 2.72. The first kappa shape index (κ1) is 14.0. The summed E-state index contributed by atoms with van der Waals surface area (Å²) >= 11 is 1.43. The molecule has 0 aliphatic carbocycles. The number of hydrogen-bond donors (Lipinski definition) is 1. The summed E-state index contributed by atoms with van der Waals surface area (Å²) in [5.74, 6) is -0.261. The number of carbonyl (C=O) groups excluding carboxylic acids is 1. The minimum atomic E-state index is -0.261. The molecule has 3 aromatic rings. The van der Waals surface area contributed by atoms with Gasteiger partial charge in [0.25, 0.3) is 5.91 Å². The molecule has 0 saturated carbocycles. The van der Waals surface area contributed by atoms with E-state index in [1.54, 1.807) is 29.6 Å². The molecule has 4 nitrogen and oxygen atoms in total. The number of aromatic nitrogens is 1. The Kier molecular flexibility index (Phi) is 3.95. The van der Waals surface area contributed by atoms with E-state index in [2.05, 4.69) is 10.3 Å². The predicted octanol–water partition coefficient (Wildman–Crippen LogP) is 3.93. The number of nitrogens with one attached hydrogen (secondary N) is 1. The third kappa shape index (κ3) is 3.03. The summed E-state index contributed by atoms with van der Waals surface area (Å²) in [6, 6.07) is 18.5. The van der Waals surface area contributed by atoms with E-state index < -0.39 is 0 Å². The van der Waals surface area contributed by atoms with E-state index in [1.165, 1.54) is 11.3 Å². The van der Waals surface area contributed by atoms with Crippen LogP contribution in [0.25, 0.3) is 10.6 Å². The van der Waals surface area contributed by atoms with Crippen LogP contribution < -0.4 is 5.32 Å². The molecule has 106 valence electrons. The number of thiazole rings is 1. The summed E-state index contributed by atoms with van der Waals surface area (Å²) in [5.41, 5.74) is 2.56. The van der Waals surface area contributed by atoms with Crippen molar-refractivity contribution in [3.05, 3.63) is 71.2 Å². The third-order valence-electron chi connectivity index (χ3n) is 3.03. The summed E-state index contributed by atoms with van der Waals surface area (Å²) < 4.78 is 0. The molecule has 0 aliphatic heterocycles. The number of rotatable bonds is 3. The van der Waals surface area contributed by atoms with Crippen molar-refractivity contribution in [3.8, 4) is 16.6 Å². The second kappa shape index (κ2) is 6.20. The molecular weight excluding hydrogens is 294 g/mol. The normalized spacial score (nSPS) is 9.95. The van der Waals surface area contributed by atoms with Gasteiger partial charge in [-0.15, -0.1) is 11.3 Å². The van der Waals surface area contributed by atoms with Crippen molar-refractivity contribution in [3.63, 3.8) is 0 Å². The van der Waals surface area contributed by atoms with Gasteiger partial charge < -0.3 is 5.32 Å². The van der Waals surface area contributed by atoms with Crippen LogP contribution in [0.2, 0.25) is 0 Å². The molecule has 5 heteroatoms. The molecule has 0 unspecified atom stereocenters. The second-order valence-electron chi connectivity index (χ2n) is 4.55. The van der Waals surface area contributed by atoms with Crippen LogP contribution in [0.3, 0.4) is 0 Å². The van der Waals surface area contributed by atoms with E-state index in [4.69, 9.17) is 5.26 Å². The maximum Gasteiger partial charge on any atom is 0.275 e. The van der Waals surface area contributed by atoms with Crippen LogP contribution in [0.15, 0.2) is 60.0 Å². The topological polar surface area (TPSA) is 65.8 Å². The molecule has 22 heavy (non-hydrogen) atoms. The Labute approximate surface area is 131 Å². The number of nitriles is 1. The lowest BCUT2D eigenvalue weighted by Crippen LogP contribution is -2.12. The fraction of sp³-hybridized carbons (Fsp3) is 0. The summed E-state index contributed by atoms with van der Waals surface area (Å²) in [6.07, 6.45) is 0. The molecule has 1 amide bonds. The molecule has 0 saturated heterocycles. The van der Waals surface area contributed by atoms with Crippen molar-refractivity contribution >= 4 is 22.9 Å². The highest BCUT2D eigenvalue weighted by Gasteiger charge is 2.12. The van der Waals surface area contributed by atoms with Crippen molar-refractivity contribution in [1.82, 2.24) is 4.98 Å². The van der Waals surface area contributed by atoms with E-state index in [0.717, 1.165) is 10.6 Å². The lowest BCUT2D eigenvalue weighted by Gasteiger charge is -2.02. The van der Waals surface area contributed by atoms with E-state index in [-0.39, 0.29) is 5.91 Å². The SMILES string of the molecule is N#Cc1ccc(NC(=O)c2csc(-c3ccccc3)n2)cc1. The molecule has 0 bridgehead atoms. The number of carbonyl (C=O) groups is 1. The lowest BCUT2D eigenvalue weighted by atomic mass is 10.2. The molecule has 1 aromatic heterocycles. The highest BCUT2D eigenvalue weighted by atomic mass is 32.1. The van der Waals surface area contributed by atoms with Gasteiger partial charge in [-0.2, -0.15) is 5.26 Å². The predicted molar refractivity (Wildman–Crippen MR) is 86.7 cm³/mol. The molecule has 0 radical (unpaired) electrons. The van der Waals surface area contributed by atoms with E-state index in [0.29, 0.717) is 16.9 Å². The number of benzene rings is 2. The van der Waals surface area contributed by atoms with E-state index in [9.17, 15) is 4.79 Å². The summed E-state index contributed by atoms with van der Waals surface area (Å²) in [4.78, 5) is 16.5. The Morgan fingerprint density at radius 2 is 1.82 bits per heavy atom. The Morgan fingerprint density at radius 1 is 1.09 bits per heavy atom. The molecule has 0 aliphatic rings. The zero-order valence-corrected chi connectivity index (χ0v) is 12.3. The van der Waals surface area contributed by atoms with Crippen LogP contribution in [0, 0.1) is 11.3 Å². The highest BCUT2D eigenvalue weighted by Crippen LogP contribution is 2.23. The standard InChI is InChI=1S/C17H11N3OS/c18-10-12-6-8-14(9-7-12)19-16(21)15-11-22-17(20-15)13-4-2-1-3-5-13/h1-9,11H,(H,19,21). The van der Waals surface area contributed by atoms with Crippen molar-refractivity contribution < 1.29 is 4.79 Å². The Morgan fingerprint density at radius 3 is 2.50 bits per heavy atom. The number of amides is 1. The first-order valence-corrected chi connectivity index (χ1v) is 7.47. The minimum absolute atomic E-state index is 0.261. The van der Waals surface area contributed by atoms with Crippen molar-refractivity contribution in [2.24, 2.45) is 0 Å². The van der Waals surface area contributed by atoms with Crippen molar-refractivity contribution in [1.29, 1.82) is 5.26 Å². The number of nitrogens with zero attached hydrogens (tertiary/aromatic N) is 2. The molecular formula is C17H11N3OS. The van der Waals surface area contributed by atoms with Crippen LogP contribution in [-0.4, -0.2) is 10.9 Å². The molecule has 3 rings (SSSR count). The van der Waals surface area contributed by atoms with Gasteiger partial charge in [-0.05, 0) is 24.3 Å². The first-order chi connectivity index (χ1) is 10.8. The van der Waals surface area contributed by atoms with Gasteiger partial charge in [-0.25, -0.2) is 4.98 Å².